The van der Waals surface area contributed by atoms with Crippen LogP contribution >= 0.6 is 0 Å². The summed E-state index contributed by atoms with van der Waals surface area (Å²) in [6, 6.07) is 8.19. The van der Waals surface area contributed by atoms with Crippen LogP contribution in [0.4, 0.5) is 4.39 Å². The molecular weight excluding hydrogens is 309 g/mol. The Bertz CT molecular complexity index is 698. The first kappa shape index (κ1) is 18.2. The highest BCUT2D eigenvalue weighted by atomic mass is 19.1. The summed E-state index contributed by atoms with van der Waals surface area (Å²) in [5, 5.41) is 3.44. The maximum absolute atomic E-state index is 13.2. The molecule has 1 atom stereocenters. The van der Waals surface area contributed by atoms with Gasteiger partial charge in [0.1, 0.15) is 22.9 Å². The van der Waals surface area contributed by atoms with Gasteiger partial charge in [-0.3, -0.25) is 0 Å². The molecule has 1 heterocycles. The van der Waals surface area contributed by atoms with Crippen LogP contribution < -0.4 is 5.32 Å². The highest BCUT2D eigenvalue weighted by Gasteiger charge is 2.26. The van der Waals surface area contributed by atoms with Crippen molar-refractivity contribution in [3.63, 3.8) is 0 Å². The summed E-state index contributed by atoms with van der Waals surface area (Å²) < 4.78 is 23.5. The van der Waals surface area contributed by atoms with E-state index >= 15 is 0 Å². The van der Waals surface area contributed by atoms with Crippen molar-refractivity contribution in [3.05, 3.63) is 58.8 Å². The van der Waals surface area contributed by atoms with Gasteiger partial charge >= 0.3 is 5.97 Å². The molecule has 0 saturated carbocycles. The monoisotopic (exact) mass is 333 g/mol. The molecule has 1 aromatic heterocycles. The smallest absolute Gasteiger partial charge is 0.341 e. The van der Waals surface area contributed by atoms with Crippen LogP contribution in [0.1, 0.15) is 54.3 Å². The Morgan fingerprint density at radius 1 is 1.29 bits per heavy atom. The molecule has 130 valence electrons. The van der Waals surface area contributed by atoms with Crippen molar-refractivity contribution in [2.45, 2.75) is 40.3 Å². The highest BCUT2D eigenvalue weighted by Crippen LogP contribution is 2.33. The number of methoxy groups -OCH3 is 1. The van der Waals surface area contributed by atoms with Crippen LogP contribution in [0.25, 0.3) is 0 Å². The average molecular weight is 333 g/mol. The number of nitrogens with one attached hydrogen (secondary N) is 1. The van der Waals surface area contributed by atoms with E-state index in [9.17, 15) is 9.18 Å². The van der Waals surface area contributed by atoms with E-state index in [1.54, 1.807) is 25.1 Å². The lowest BCUT2D eigenvalue weighted by Gasteiger charge is -2.32. The van der Waals surface area contributed by atoms with Gasteiger partial charge in [-0.25, -0.2) is 9.18 Å². The summed E-state index contributed by atoms with van der Waals surface area (Å²) in [5.41, 5.74) is 1.36. The molecule has 1 aromatic carbocycles. The van der Waals surface area contributed by atoms with Gasteiger partial charge in [0.2, 0.25) is 0 Å². The van der Waals surface area contributed by atoms with E-state index in [4.69, 9.17) is 9.15 Å². The highest BCUT2D eigenvalue weighted by molar-refractivity contribution is 5.90. The number of aryl methyl sites for hydroxylation is 1. The minimum Gasteiger partial charge on any atom is -0.465 e. The van der Waals surface area contributed by atoms with E-state index in [0.29, 0.717) is 23.6 Å². The van der Waals surface area contributed by atoms with Gasteiger partial charge in [-0.2, -0.15) is 0 Å². The number of carbonyl (C=O) groups excluding carboxylic acids is 1. The molecule has 0 saturated heterocycles. The van der Waals surface area contributed by atoms with Gasteiger partial charge < -0.3 is 14.5 Å². The van der Waals surface area contributed by atoms with Crippen LogP contribution in [0.2, 0.25) is 0 Å². The summed E-state index contributed by atoms with van der Waals surface area (Å²) in [6.45, 7) is 8.53. The lowest BCUT2D eigenvalue weighted by atomic mass is 9.82. The largest absolute Gasteiger partial charge is 0.465 e. The Hall–Kier alpha value is -2.14. The van der Waals surface area contributed by atoms with Gasteiger partial charge in [0, 0.05) is 6.04 Å². The number of hydrogen-bond donors (Lipinski definition) is 1. The third-order valence-corrected chi connectivity index (χ3v) is 3.92. The quantitative estimate of drug-likeness (QED) is 0.825. The number of furan rings is 1. The Kier molecular flexibility index (Phi) is 5.44. The standard InChI is InChI=1S/C19H24FNO3/c1-12-16(18(22)23-5)10-15(24-12)11-21-17(19(2,3)4)13-6-8-14(20)9-7-13/h6-10,17,21H,11H2,1-5H3. The number of hydrogen-bond acceptors (Lipinski definition) is 4. The first-order valence-corrected chi connectivity index (χ1v) is 7.89. The molecule has 2 rings (SSSR count). The summed E-state index contributed by atoms with van der Waals surface area (Å²) in [6.07, 6.45) is 0. The normalized spacial score (nSPS) is 12.9. The topological polar surface area (TPSA) is 51.5 Å². The third-order valence-electron chi connectivity index (χ3n) is 3.92. The SMILES string of the molecule is COC(=O)c1cc(CNC(c2ccc(F)cc2)C(C)(C)C)oc1C. The molecule has 0 aliphatic carbocycles. The minimum atomic E-state index is -0.409. The summed E-state index contributed by atoms with van der Waals surface area (Å²) in [7, 11) is 1.34. The predicted molar refractivity (Wildman–Crippen MR) is 90.2 cm³/mol. The Labute approximate surface area is 142 Å². The lowest BCUT2D eigenvalue weighted by molar-refractivity contribution is 0.0599. The Morgan fingerprint density at radius 2 is 1.92 bits per heavy atom. The summed E-state index contributed by atoms with van der Waals surface area (Å²) in [5.74, 6) is 0.529. The molecule has 4 nitrogen and oxygen atoms in total. The first-order chi connectivity index (χ1) is 11.2. The molecule has 0 spiro atoms. The van der Waals surface area contributed by atoms with Crippen LogP contribution in [0.15, 0.2) is 34.7 Å². The van der Waals surface area contributed by atoms with Crippen molar-refractivity contribution >= 4 is 5.97 Å². The molecule has 0 aliphatic heterocycles. The average Bonchev–Trinajstić information content (AvgIpc) is 2.88. The zero-order valence-corrected chi connectivity index (χ0v) is 14.8. The minimum absolute atomic E-state index is 0.00471. The zero-order valence-electron chi connectivity index (χ0n) is 14.8. The number of halogens is 1. The van der Waals surface area contributed by atoms with Crippen molar-refractivity contribution in [1.29, 1.82) is 0 Å². The number of benzene rings is 1. The number of esters is 1. The number of rotatable bonds is 5. The van der Waals surface area contributed by atoms with E-state index in [2.05, 4.69) is 26.1 Å². The van der Waals surface area contributed by atoms with E-state index in [1.165, 1.54) is 19.2 Å². The molecule has 0 fully saturated rings. The van der Waals surface area contributed by atoms with Gasteiger partial charge in [0.15, 0.2) is 0 Å². The molecule has 0 bridgehead atoms. The number of ether oxygens (including phenoxy) is 1. The van der Waals surface area contributed by atoms with Crippen molar-refractivity contribution in [3.8, 4) is 0 Å². The molecule has 0 radical (unpaired) electrons. The van der Waals surface area contributed by atoms with Gasteiger partial charge in [-0.05, 0) is 36.1 Å². The fourth-order valence-corrected chi connectivity index (χ4v) is 2.73. The van der Waals surface area contributed by atoms with Crippen LogP contribution in [0, 0.1) is 18.2 Å². The molecule has 1 unspecified atom stereocenters. The van der Waals surface area contributed by atoms with E-state index in [1.807, 2.05) is 0 Å². The van der Waals surface area contributed by atoms with Gasteiger partial charge in [0.25, 0.3) is 0 Å². The van der Waals surface area contributed by atoms with Crippen LogP contribution in [-0.4, -0.2) is 13.1 Å². The molecule has 0 aliphatic rings. The molecule has 2 aromatic rings. The molecular formula is C19H24FNO3. The fourth-order valence-electron chi connectivity index (χ4n) is 2.73. The lowest BCUT2D eigenvalue weighted by Crippen LogP contribution is -2.31. The first-order valence-electron chi connectivity index (χ1n) is 7.89. The zero-order chi connectivity index (χ0) is 17.9. The second-order valence-electron chi connectivity index (χ2n) is 6.91. The second kappa shape index (κ2) is 7.18. The van der Waals surface area contributed by atoms with Gasteiger partial charge in [0.05, 0.1) is 13.7 Å². The van der Waals surface area contributed by atoms with E-state index in [-0.39, 0.29) is 17.3 Å². The maximum atomic E-state index is 13.2. The Morgan fingerprint density at radius 3 is 2.46 bits per heavy atom. The summed E-state index contributed by atoms with van der Waals surface area (Å²) >= 11 is 0. The van der Waals surface area contributed by atoms with Crippen LogP contribution in [-0.2, 0) is 11.3 Å². The van der Waals surface area contributed by atoms with Gasteiger partial charge in [-0.15, -0.1) is 0 Å². The maximum Gasteiger partial charge on any atom is 0.341 e. The predicted octanol–water partition coefficient (Wildman–Crippen LogP) is 4.39. The van der Waals surface area contributed by atoms with E-state index in [0.717, 1.165) is 5.56 Å². The number of carbonyl (C=O) groups is 1. The van der Waals surface area contributed by atoms with Gasteiger partial charge in [-0.1, -0.05) is 32.9 Å². The molecule has 1 N–H and O–H groups in total. The fraction of sp³-hybridized carbons (Fsp3) is 0.421. The van der Waals surface area contributed by atoms with Crippen LogP contribution in [0.3, 0.4) is 0 Å². The third kappa shape index (κ3) is 4.23. The van der Waals surface area contributed by atoms with Crippen LogP contribution in [0.5, 0.6) is 0 Å². The molecule has 5 heteroatoms. The molecule has 24 heavy (non-hydrogen) atoms. The van der Waals surface area contributed by atoms with Crippen molar-refractivity contribution in [1.82, 2.24) is 5.32 Å². The summed E-state index contributed by atoms with van der Waals surface area (Å²) in [4.78, 5) is 11.7. The van der Waals surface area contributed by atoms with Crippen molar-refractivity contribution in [2.75, 3.05) is 7.11 Å². The van der Waals surface area contributed by atoms with E-state index < -0.39 is 5.97 Å². The van der Waals surface area contributed by atoms with Crippen molar-refractivity contribution in [2.24, 2.45) is 5.41 Å². The second-order valence-corrected chi connectivity index (χ2v) is 6.91. The Balaban J connectivity index is 2.17. The molecule has 0 amide bonds. The van der Waals surface area contributed by atoms with Crippen molar-refractivity contribution < 1.29 is 18.3 Å².